The topological polar surface area (TPSA) is 30.2 Å². The number of hydrogen-bond donors (Lipinski definition) is 0. The molecule has 0 bridgehead atoms. The molecule has 0 saturated carbocycles. The van der Waals surface area contributed by atoms with Crippen LogP contribution in [0.15, 0.2) is 21.3 Å². The van der Waals surface area contributed by atoms with Crippen molar-refractivity contribution in [2.45, 2.75) is 52.4 Å². The van der Waals surface area contributed by atoms with Crippen LogP contribution in [0.4, 0.5) is 0 Å². The molecule has 1 heterocycles. The Labute approximate surface area is 115 Å². The molecule has 0 N–H and O–H groups in total. The normalized spacial score (nSPS) is 9.16. The van der Waals surface area contributed by atoms with Crippen LogP contribution in [0, 0.1) is 23.7 Å². The van der Waals surface area contributed by atoms with Crippen LogP contribution in [-0.2, 0) is 0 Å². The van der Waals surface area contributed by atoms with Crippen LogP contribution in [0.2, 0.25) is 0 Å². The lowest BCUT2D eigenvalue weighted by atomic mass is 10.2. The summed E-state index contributed by atoms with van der Waals surface area (Å²) in [7, 11) is 0. The molecule has 0 radical (unpaired) electrons. The maximum absolute atomic E-state index is 11.4. The Bertz CT molecular complexity index is 511. The van der Waals surface area contributed by atoms with Gasteiger partial charge in [-0.25, -0.2) is 4.79 Å². The van der Waals surface area contributed by atoms with E-state index < -0.39 is 0 Å². The molecule has 2 nitrogen and oxygen atoms in total. The Morgan fingerprint density at radius 2 is 1.63 bits per heavy atom. The summed E-state index contributed by atoms with van der Waals surface area (Å²) in [4.78, 5) is 11.4. The molecule has 0 aliphatic heterocycles. The van der Waals surface area contributed by atoms with E-state index in [1.807, 2.05) is 0 Å². The van der Waals surface area contributed by atoms with E-state index in [0.717, 1.165) is 38.5 Å². The summed E-state index contributed by atoms with van der Waals surface area (Å²) in [5, 5.41) is 0. The minimum Gasteiger partial charge on any atom is -0.414 e. The molecular weight excluding hydrogens is 236 g/mol. The van der Waals surface area contributed by atoms with Gasteiger partial charge in [0, 0.05) is 30.5 Å². The Morgan fingerprint density at radius 1 is 1.00 bits per heavy atom. The van der Waals surface area contributed by atoms with Crippen molar-refractivity contribution in [3.05, 3.63) is 33.9 Å². The quantitative estimate of drug-likeness (QED) is 0.607. The fourth-order valence-corrected chi connectivity index (χ4v) is 1.46. The first-order valence-corrected chi connectivity index (χ1v) is 6.89. The summed E-state index contributed by atoms with van der Waals surface area (Å²) in [5.41, 5.74) is 0.300. The van der Waals surface area contributed by atoms with Gasteiger partial charge in [-0.15, -0.1) is 0 Å². The predicted octanol–water partition coefficient (Wildman–Crippen LogP) is 3.72. The molecule has 1 aromatic rings. The highest BCUT2D eigenvalue weighted by atomic mass is 16.4. The average Bonchev–Trinajstić information content (AvgIpc) is 2.39. The highest BCUT2D eigenvalue weighted by Crippen LogP contribution is 2.00. The van der Waals surface area contributed by atoms with E-state index >= 15 is 0 Å². The first kappa shape index (κ1) is 15.1. The van der Waals surface area contributed by atoms with E-state index in [0.29, 0.717) is 11.3 Å². The SMILES string of the molecule is CCCCC#Cc1cc(C#CCCCC)oc(=O)c1. The zero-order valence-electron chi connectivity index (χ0n) is 11.7. The van der Waals surface area contributed by atoms with Crippen molar-refractivity contribution in [1.29, 1.82) is 0 Å². The van der Waals surface area contributed by atoms with Crippen LogP contribution < -0.4 is 5.63 Å². The van der Waals surface area contributed by atoms with E-state index in [-0.39, 0.29) is 5.63 Å². The maximum atomic E-state index is 11.4. The molecule has 0 unspecified atom stereocenters. The standard InChI is InChI=1S/C17H20O2/c1-3-5-7-9-11-15-13-16(19-17(18)14-15)12-10-8-6-4-2/h13-14H,3-8H2,1-2H3. The third kappa shape index (κ3) is 6.53. The second-order valence-corrected chi connectivity index (χ2v) is 4.34. The molecule has 0 spiro atoms. The molecule has 1 aromatic heterocycles. The molecule has 0 aliphatic carbocycles. The van der Waals surface area contributed by atoms with Gasteiger partial charge in [0.2, 0.25) is 0 Å². The zero-order valence-corrected chi connectivity index (χ0v) is 11.7. The van der Waals surface area contributed by atoms with Crippen LogP contribution in [0.5, 0.6) is 0 Å². The van der Waals surface area contributed by atoms with Crippen molar-refractivity contribution >= 4 is 0 Å². The van der Waals surface area contributed by atoms with Gasteiger partial charge in [0.25, 0.3) is 0 Å². The van der Waals surface area contributed by atoms with Gasteiger partial charge in [-0.05, 0) is 18.8 Å². The Morgan fingerprint density at radius 3 is 2.26 bits per heavy atom. The molecule has 0 saturated heterocycles. The van der Waals surface area contributed by atoms with E-state index in [1.165, 1.54) is 6.07 Å². The highest BCUT2D eigenvalue weighted by molar-refractivity contribution is 5.37. The average molecular weight is 256 g/mol. The van der Waals surface area contributed by atoms with Gasteiger partial charge in [-0.2, -0.15) is 0 Å². The fraction of sp³-hybridized carbons (Fsp3) is 0.471. The number of rotatable bonds is 4. The summed E-state index contributed by atoms with van der Waals surface area (Å²) in [6, 6.07) is 3.15. The second kappa shape index (κ2) is 9.06. The fourth-order valence-electron chi connectivity index (χ4n) is 1.46. The monoisotopic (exact) mass is 256 g/mol. The lowest BCUT2D eigenvalue weighted by Gasteiger charge is -1.92. The molecule has 0 aliphatic rings. The first-order chi connectivity index (χ1) is 9.26. The summed E-state index contributed by atoms with van der Waals surface area (Å²) in [6.45, 7) is 4.25. The molecule has 0 amide bonds. The molecule has 0 fully saturated rings. The maximum Gasteiger partial charge on any atom is 0.338 e. The summed E-state index contributed by atoms with van der Waals surface area (Å²) in [5.74, 6) is 12.3. The van der Waals surface area contributed by atoms with Gasteiger partial charge >= 0.3 is 5.63 Å². The minimum absolute atomic E-state index is 0.387. The van der Waals surface area contributed by atoms with Crippen molar-refractivity contribution < 1.29 is 4.42 Å². The summed E-state index contributed by atoms with van der Waals surface area (Å²) >= 11 is 0. The summed E-state index contributed by atoms with van der Waals surface area (Å²) in [6.07, 6.45) is 6.06. The highest BCUT2D eigenvalue weighted by Gasteiger charge is 1.96. The van der Waals surface area contributed by atoms with Crippen molar-refractivity contribution in [2.24, 2.45) is 0 Å². The minimum atomic E-state index is -0.387. The smallest absolute Gasteiger partial charge is 0.338 e. The van der Waals surface area contributed by atoms with Crippen LogP contribution in [0.1, 0.15) is 63.7 Å². The van der Waals surface area contributed by atoms with Crippen molar-refractivity contribution in [3.8, 4) is 23.7 Å². The number of hydrogen-bond acceptors (Lipinski definition) is 2. The molecular formula is C17H20O2. The summed E-state index contributed by atoms with van der Waals surface area (Å²) < 4.78 is 5.03. The van der Waals surface area contributed by atoms with Crippen LogP contribution in [0.3, 0.4) is 0 Å². The Hall–Kier alpha value is -1.93. The van der Waals surface area contributed by atoms with E-state index in [2.05, 4.69) is 37.5 Å². The third-order valence-corrected chi connectivity index (χ3v) is 2.53. The van der Waals surface area contributed by atoms with Crippen molar-refractivity contribution in [3.63, 3.8) is 0 Å². The largest absolute Gasteiger partial charge is 0.414 e. The second-order valence-electron chi connectivity index (χ2n) is 4.34. The Kier molecular flexibility index (Phi) is 7.21. The van der Waals surface area contributed by atoms with E-state index in [9.17, 15) is 4.79 Å². The Balaban J connectivity index is 2.77. The molecule has 100 valence electrons. The molecule has 0 aromatic carbocycles. The van der Waals surface area contributed by atoms with E-state index in [1.54, 1.807) is 6.07 Å². The molecule has 19 heavy (non-hydrogen) atoms. The van der Waals surface area contributed by atoms with E-state index in [4.69, 9.17) is 4.42 Å². The van der Waals surface area contributed by atoms with Gasteiger partial charge < -0.3 is 4.42 Å². The van der Waals surface area contributed by atoms with Gasteiger partial charge in [-0.3, -0.25) is 0 Å². The van der Waals surface area contributed by atoms with Gasteiger partial charge in [0.05, 0.1) is 0 Å². The van der Waals surface area contributed by atoms with Crippen LogP contribution in [-0.4, -0.2) is 0 Å². The third-order valence-electron chi connectivity index (χ3n) is 2.53. The predicted molar refractivity (Wildman–Crippen MR) is 77.8 cm³/mol. The van der Waals surface area contributed by atoms with Gasteiger partial charge in [0.1, 0.15) is 0 Å². The van der Waals surface area contributed by atoms with Gasteiger partial charge in [0.15, 0.2) is 5.76 Å². The molecule has 1 rings (SSSR count). The van der Waals surface area contributed by atoms with Crippen molar-refractivity contribution in [1.82, 2.24) is 0 Å². The first-order valence-electron chi connectivity index (χ1n) is 6.89. The van der Waals surface area contributed by atoms with Gasteiger partial charge in [-0.1, -0.05) is 44.5 Å². The molecule has 2 heteroatoms. The zero-order chi connectivity index (χ0) is 13.9. The lowest BCUT2D eigenvalue weighted by molar-refractivity contribution is 0.498. The number of unbranched alkanes of at least 4 members (excludes halogenated alkanes) is 4. The van der Waals surface area contributed by atoms with Crippen LogP contribution in [0.25, 0.3) is 0 Å². The lowest BCUT2D eigenvalue weighted by Crippen LogP contribution is -1.99. The molecule has 0 atom stereocenters. The van der Waals surface area contributed by atoms with Crippen LogP contribution >= 0.6 is 0 Å². The van der Waals surface area contributed by atoms with Crippen molar-refractivity contribution in [2.75, 3.05) is 0 Å².